The average Bonchev–Trinajstić information content (AvgIpc) is 2.65. The summed E-state index contributed by atoms with van der Waals surface area (Å²) in [5.74, 6) is 0.701. The van der Waals surface area contributed by atoms with Gasteiger partial charge in [-0.2, -0.15) is 0 Å². The summed E-state index contributed by atoms with van der Waals surface area (Å²) in [6, 6.07) is 5.24. The first kappa shape index (κ1) is 12.1. The van der Waals surface area contributed by atoms with E-state index in [-0.39, 0.29) is 5.78 Å². The molecule has 0 aliphatic rings. The van der Waals surface area contributed by atoms with Crippen LogP contribution in [0.15, 0.2) is 24.4 Å². The molecule has 0 atom stereocenters. The van der Waals surface area contributed by atoms with E-state index in [1.807, 2.05) is 6.07 Å². The van der Waals surface area contributed by atoms with E-state index in [0.29, 0.717) is 22.3 Å². The Hall–Kier alpha value is -1.32. The Morgan fingerprint density at radius 3 is 2.82 bits per heavy atom. The van der Waals surface area contributed by atoms with Crippen molar-refractivity contribution in [2.45, 2.75) is 13.3 Å². The first-order valence-corrected chi connectivity index (χ1v) is 5.80. The van der Waals surface area contributed by atoms with Gasteiger partial charge in [0, 0.05) is 10.6 Å². The predicted molar refractivity (Wildman–Crippen MR) is 68.4 cm³/mol. The highest BCUT2D eigenvalue weighted by atomic mass is 35.5. The van der Waals surface area contributed by atoms with Crippen molar-refractivity contribution in [2.24, 2.45) is 0 Å². The van der Waals surface area contributed by atoms with Crippen LogP contribution in [-0.4, -0.2) is 15.8 Å². The summed E-state index contributed by atoms with van der Waals surface area (Å²) in [5.41, 5.74) is 1.60. The average molecular weight is 269 g/mol. The number of nitrogens with zero attached hydrogens (tertiary/aromatic N) is 1. The maximum Gasteiger partial charge on any atom is 0.137 e. The number of rotatable bonds is 3. The summed E-state index contributed by atoms with van der Waals surface area (Å²) >= 11 is 11.9. The lowest BCUT2D eigenvalue weighted by Gasteiger charge is -2.01. The van der Waals surface area contributed by atoms with Crippen LogP contribution in [0, 0.1) is 0 Å². The number of hydrogen-bond acceptors (Lipinski definition) is 2. The minimum atomic E-state index is 0.0631. The highest BCUT2D eigenvalue weighted by molar-refractivity contribution is 6.36. The van der Waals surface area contributed by atoms with Crippen LogP contribution in [-0.2, 0) is 11.2 Å². The van der Waals surface area contributed by atoms with E-state index in [4.69, 9.17) is 23.2 Å². The number of ketones is 1. The number of carbonyl (C=O) groups is 1. The van der Waals surface area contributed by atoms with E-state index in [1.54, 1.807) is 18.3 Å². The Bertz CT molecular complexity index is 563. The molecule has 1 heterocycles. The Morgan fingerprint density at radius 2 is 2.18 bits per heavy atom. The van der Waals surface area contributed by atoms with Crippen molar-refractivity contribution in [3.63, 3.8) is 0 Å². The van der Waals surface area contributed by atoms with Crippen molar-refractivity contribution in [1.29, 1.82) is 0 Å². The van der Waals surface area contributed by atoms with E-state index in [0.717, 1.165) is 11.3 Å². The van der Waals surface area contributed by atoms with Gasteiger partial charge in [0.15, 0.2) is 0 Å². The van der Waals surface area contributed by atoms with Gasteiger partial charge in [0.2, 0.25) is 0 Å². The van der Waals surface area contributed by atoms with Crippen LogP contribution in [0.25, 0.3) is 11.3 Å². The Balaban J connectivity index is 2.33. The molecule has 0 aliphatic carbocycles. The van der Waals surface area contributed by atoms with Crippen LogP contribution in [0.4, 0.5) is 0 Å². The second-order valence-electron chi connectivity index (χ2n) is 3.75. The first-order chi connectivity index (χ1) is 8.06. The summed E-state index contributed by atoms with van der Waals surface area (Å²) in [6.07, 6.45) is 1.96. The van der Waals surface area contributed by atoms with Gasteiger partial charge < -0.3 is 4.98 Å². The number of benzene rings is 1. The highest BCUT2D eigenvalue weighted by Gasteiger charge is 2.08. The summed E-state index contributed by atoms with van der Waals surface area (Å²) in [6.45, 7) is 1.53. The van der Waals surface area contributed by atoms with Gasteiger partial charge in [-0.3, -0.25) is 4.79 Å². The predicted octanol–water partition coefficient (Wildman–Crippen LogP) is 3.52. The number of Topliss-reactive ketones (excluding diaryl/α,β-unsaturated/α-hetero) is 1. The van der Waals surface area contributed by atoms with Gasteiger partial charge >= 0.3 is 0 Å². The topological polar surface area (TPSA) is 45.8 Å². The molecule has 17 heavy (non-hydrogen) atoms. The number of hydrogen-bond donors (Lipinski definition) is 1. The van der Waals surface area contributed by atoms with Crippen LogP contribution in [0.1, 0.15) is 12.7 Å². The van der Waals surface area contributed by atoms with Gasteiger partial charge in [0.25, 0.3) is 0 Å². The van der Waals surface area contributed by atoms with E-state index < -0.39 is 0 Å². The molecule has 3 nitrogen and oxygen atoms in total. The van der Waals surface area contributed by atoms with Gasteiger partial charge in [-0.25, -0.2) is 4.98 Å². The lowest BCUT2D eigenvalue weighted by atomic mass is 10.2. The molecule has 0 unspecified atom stereocenters. The van der Waals surface area contributed by atoms with Crippen molar-refractivity contribution in [3.05, 3.63) is 40.3 Å². The molecule has 0 fully saturated rings. The second-order valence-corrected chi connectivity index (χ2v) is 4.59. The fraction of sp³-hybridized carbons (Fsp3) is 0.167. The second kappa shape index (κ2) is 4.90. The molecule has 0 radical (unpaired) electrons. The summed E-state index contributed by atoms with van der Waals surface area (Å²) in [5, 5.41) is 1.14. The van der Waals surface area contributed by atoms with Crippen LogP contribution in [0.3, 0.4) is 0 Å². The third kappa shape index (κ3) is 2.87. The normalized spacial score (nSPS) is 10.5. The van der Waals surface area contributed by atoms with Gasteiger partial charge in [-0.15, -0.1) is 0 Å². The molecule has 2 rings (SSSR count). The summed E-state index contributed by atoms with van der Waals surface area (Å²) in [7, 11) is 0. The maximum absolute atomic E-state index is 11.0. The number of aromatic amines is 1. The molecule has 0 spiro atoms. The lowest BCUT2D eigenvalue weighted by molar-refractivity contribution is -0.116. The van der Waals surface area contributed by atoms with Gasteiger partial charge in [-0.05, 0) is 25.1 Å². The van der Waals surface area contributed by atoms with Crippen molar-refractivity contribution in [1.82, 2.24) is 9.97 Å². The number of imidazole rings is 1. The smallest absolute Gasteiger partial charge is 0.137 e. The van der Waals surface area contributed by atoms with Crippen molar-refractivity contribution in [2.75, 3.05) is 0 Å². The Kier molecular flexibility index (Phi) is 3.50. The minimum Gasteiger partial charge on any atom is -0.342 e. The molecular formula is C12H10Cl2N2O. The zero-order valence-corrected chi connectivity index (χ0v) is 10.6. The largest absolute Gasteiger partial charge is 0.342 e. The van der Waals surface area contributed by atoms with Gasteiger partial charge in [0.05, 0.1) is 23.3 Å². The fourth-order valence-electron chi connectivity index (χ4n) is 1.53. The zero-order valence-electron chi connectivity index (χ0n) is 9.13. The number of halogens is 2. The van der Waals surface area contributed by atoms with Crippen LogP contribution < -0.4 is 0 Å². The maximum atomic E-state index is 11.0. The number of H-pyrrole nitrogens is 1. The van der Waals surface area contributed by atoms with E-state index in [2.05, 4.69) is 9.97 Å². The molecular weight excluding hydrogens is 259 g/mol. The van der Waals surface area contributed by atoms with Crippen LogP contribution in [0.2, 0.25) is 10.0 Å². The van der Waals surface area contributed by atoms with Crippen LogP contribution in [0.5, 0.6) is 0 Å². The molecule has 1 aromatic heterocycles. The Labute approximate surface area is 109 Å². The highest BCUT2D eigenvalue weighted by Crippen LogP contribution is 2.29. The third-order valence-electron chi connectivity index (χ3n) is 2.27. The first-order valence-electron chi connectivity index (χ1n) is 5.05. The molecule has 0 saturated carbocycles. The van der Waals surface area contributed by atoms with Crippen molar-refractivity contribution < 1.29 is 4.79 Å². The summed E-state index contributed by atoms with van der Waals surface area (Å²) < 4.78 is 0. The molecule has 5 heteroatoms. The molecule has 2 aromatic rings. The van der Waals surface area contributed by atoms with Crippen molar-refractivity contribution in [3.8, 4) is 11.3 Å². The number of aromatic nitrogens is 2. The van der Waals surface area contributed by atoms with E-state index in [9.17, 15) is 4.79 Å². The zero-order chi connectivity index (χ0) is 12.4. The third-order valence-corrected chi connectivity index (χ3v) is 2.81. The van der Waals surface area contributed by atoms with E-state index >= 15 is 0 Å². The lowest BCUT2D eigenvalue weighted by Crippen LogP contribution is -1.97. The molecule has 1 aromatic carbocycles. The van der Waals surface area contributed by atoms with E-state index in [1.165, 1.54) is 6.92 Å². The Morgan fingerprint density at radius 1 is 1.41 bits per heavy atom. The number of carbonyl (C=O) groups excluding carboxylic acids is 1. The molecule has 1 N–H and O–H groups in total. The molecule has 88 valence electrons. The standard InChI is InChI=1S/C12H10Cl2N2O/c1-7(17)4-12-15-6-11(16-12)9-3-2-8(13)5-10(9)14/h2-3,5-6H,4H2,1H3,(H,15,16). The van der Waals surface area contributed by atoms with Gasteiger partial charge in [0.1, 0.15) is 11.6 Å². The molecule has 0 bridgehead atoms. The molecule has 0 amide bonds. The molecule has 0 aliphatic heterocycles. The fourth-order valence-corrected chi connectivity index (χ4v) is 2.04. The SMILES string of the molecule is CC(=O)Cc1ncc(-c2ccc(Cl)cc2Cl)[nH]1. The number of nitrogens with one attached hydrogen (secondary N) is 1. The van der Waals surface area contributed by atoms with Crippen molar-refractivity contribution >= 4 is 29.0 Å². The van der Waals surface area contributed by atoms with Crippen LogP contribution >= 0.6 is 23.2 Å². The quantitative estimate of drug-likeness (QED) is 0.926. The summed E-state index contributed by atoms with van der Waals surface area (Å²) in [4.78, 5) is 18.2. The van der Waals surface area contributed by atoms with Gasteiger partial charge in [-0.1, -0.05) is 23.2 Å². The molecule has 0 saturated heterocycles. The monoisotopic (exact) mass is 268 g/mol. The minimum absolute atomic E-state index is 0.0631.